The van der Waals surface area contributed by atoms with Crippen molar-refractivity contribution in [3.05, 3.63) is 50.6 Å². The number of pyridine rings is 1. The molecule has 3 N–H and O–H groups in total. The van der Waals surface area contributed by atoms with E-state index in [1.807, 2.05) is 13.0 Å². The first-order valence-electron chi connectivity index (χ1n) is 5.57. The van der Waals surface area contributed by atoms with E-state index in [1.54, 1.807) is 18.2 Å². The van der Waals surface area contributed by atoms with Crippen LogP contribution in [-0.4, -0.2) is 9.97 Å². The third kappa shape index (κ3) is 3.33. The summed E-state index contributed by atoms with van der Waals surface area (Å²) in [5.41, 5.74) is 7.72. The zero-order valence-corrected chi connectivity index (χ0v) is 13.5. The number of rotatable bonds is 3. The van der Waals surface area contributed by atoms with Gasteiger partial charge >= 0.3 is 0 Å². The molecule has 20 heavy (non-hydrogen) atoms. The first-order valence-corrected chi connectivity index (χ1v) is 7.11. The van der Waals surface area contributed by atoms with Crippen molar-refractivity contribution in [3.8, 4) is 0 Å². The minimum Gasteiger partial charge on any atom is -0.389 e. The van der Waals surface area contributed by atoms with Gasteiger partial charge in [0.05, 0.1) is 26.3 Å². The molecule has 0 spiro atoms. The Morgan fingerprint density at radius 1 is 1.15 bits per heavy atom. The lowest BCUT2D eigenvalue weighted by Gasteiger charge is -2.13. The van der Waals surface area contributed by atoms with Crippen molar-refractivity contribution in [2.45, 2.75) is 6.92 Å². The smallest absolute Gasteiger partial charge is 0.140 e. The molecule has 0 aliphatic carbocycles. The molecule has 0 saturated carbocycles. The lowest BCUT2D eigenvalue weighted by atomic mass is 10.2. The summed E-state index contributed by atoms with van der Waals surface area (Å²) in [6.07, 6.45) is 0. The number of aryl methyl sites for hydroxylation is 1. The number of nitrogens with two attached hydrogens (primary N) is 1. The predicted molar refractivity (Wildman–Crippen MR) is 89.6 cm³/mol. The van der Waals surface area contributed by atoms with Gasteiger partial charge in [0.1, 0.15) is 10.8 Å². The van der Waals surface area contributed by atoms with E-state index in [4.69, 9.17) is 52.8 Å². The quantitative estimate of drug-likeness (QED) is 0.623. The maximum absolute atomic E-state index is 6.13. The average molecular weight is 347 g/mol. The Kier molecular flexibility index (Phi) is 4.70. The molecule has 1 aromatic heterocycles. The van der Waals surface area contributed by atoms with Crippen LogP contribution in [0.1, 0.15) is 11.3 Å². The fourth-order valence-corrected chi connectivity index (χ4v) is 2.36. The molecule has 7 heteroatoms. The van der Waals surface area contributed by atoms with E-state index >= 15 is 0 Å². The van der Waals surface area contributed by atoms with Crippen LogP contribution < -0.4 is 11.1 Å². The second-order valence-electron chi connectivity index (χ2n) is 4.08. The predicted octanol–water partition coefficient (Wildman–Crippen LogP) is 4.73. The van der Waals surface area contributed by atoms with Gasteiger partial charge in [0.15, 0.2) is 0 Å². The molecule has 1 heterocycles. The molecule has 2 aromatic rings. The molecular formula is C13H10Cl3N3S. The zero-order valence-electron chi connectivity index (χ0n) is 10.4. The summed E-state index contributed by atoms with van der Waals surface area (Å²) < 4.78 is 0. The molecule has 0 aliphatic rings. The lowest BCUT2D eigenvalue weighted by molar-refractivity contribution is 1.19. The molecule has 104 valence electrons. The normalized spacial score (nSPS) is 10.4. The summed E-state index contributed by atoms with van der Waals surface area (Å²) in [6, 6.07) is 6.82. The van der Waals surface area contributed by atoms with Crippen molar-refractivity contribution in [3.63, 3.8) is 0 Å². The van der Waals surface area contributed by atoms with Gasteiger partial charge in [-0.2, -0.15) is 0 Å². The topological polar surface area (TPSA) is 50.9 Å². The van der Waals surface area contributed by atoms with Gasteiger partial charge in [0.2, 0.25) is 0 Å². The van der Waals surface area contributed by atoms with Crippen molar-refractivity contribution in [2.75, 3.05) is 5.32 Å². The van der Waals surface area contributed by atoms with E-state index in [1.165, 1.54) is 0 Å². The Bertz CT molecular complexity index is 689. The summed E-state index contributed by atoms with van der Waals surface area (Å²) in [4.78, 5) is 4.62. The number of aromatic nitrogens is 1. The number of hydrogen-bond acceptors (Lipinski definition) is 3. The van der Waals surface area contributed by atoms with Gasteiger partial charge in [-0.3, -0.25) is 0 Å². The molecule has 0 saturated heterocycles. The SMILES string of the molecule is Cc1ccc(C(N)=S)c(Nc2cc(Cl)c(Cl)cc2Cl)n1. The minimum atomic E-state index is 0.246. The van der Waals surface area contributed by atoms with E-state index in [0.29, 0.717) is 32.1 Å². The third-order valence-corrected chi connectivity index (χ3v) is 3.82. The van der Waals surface area contributed by atoms with Crippen LogP contribution in [-0.2, 0) is 0 Å². The second-order valence-corrected chi connectivity index (χ2v) is 5.75. The number of nitrogens with one attached hydrogen (secondary N) is 1. The van der Waals surface area contributed by atoms with Crippen LogP contribution in [0, 0.1) is 6.92 Å². The highest BCUT2D eigenvalue weighted by molar-refractivity contribution is 7.80. The van der Waals surface area contributed by atoms with Crippen LogP contribution >= 0.6 is 47.0 Å². The highest BCUT2D eigenvalue weighted by Gasteiger charge is 2.11. The molecule has 0 bridgehead atoms. The van der Waals surface area contributed by atoms with Crippen LogP contribution in [0.25, 0.3) is 0 Å². The lowest BCUT2D eigenvalue weighted by Crippen LogP contribution is -2.13. The number of benzene rings is 1. The zero-order chi connectivity index (χ0) is 14.9. The summed E-state index contributed by atoms with van der Waals surface area (Å²) >= 11 is 23.0. The summed E-state index contributed by atoms with van der Waals surface area (Å²) in [5, 5.41) is 4.28. The summed E-state index contributed by atoms with van der Waals surface area (Å²) in [6.45, 7) is 1.87. The first kappa shape index (κ1) is 15.3. The highest BCUT2D eigenvalue weighted by Crippen LogP contribution is 2.34. The van der Waals surface area contributed by atoms with E-state index < -0.39 is 0 Å². The van der Waals surface area contributed by atoms with Gasteiger partial charge in [0, 0.05) is 5.69 Å². The van der Waals surface area contributed by atoms with E-state index in [0.717, 1.165) is 5.69 Å². The van der Waals surface area contributed by atoms with Crippen molar-refractivity contribution < 1.29 is 0 Å². The van der Waals surface area contributed by atoms with Gasteiger partial charge in [-0.1, -0.05) is 47.0 Å². The Labute approximate surface area is 137 Å². The summed E-state index contributed by atoms with van der Waals surface area (Å²) in [7, 11) is 0. The fourth-order valence-electron chi connectivity index (χ4n) is 1.60. The second kappa shape index (κ2) is 6.14. The Morgan fingerprint density at radius 3 is 2.45 bits per heavy atom. The molecule has 1 aromatic carbocycles. The molecule has 0 fully saturated rings. The Balaban J connectivity index is 2.47. The van der Waals surface area contributed by atoms with Crippen molar-refractivity contribution in [1.29, 1.82) is 0 Å². The average Bonchev–Trinajstić information content (AvgIpc) is 2.35. The molecule has 0 unspecified atom stereocenters. The van der Waals surface area contributed by atoms with Crippen LogP contribution in [0.3, 0.4) is 0 Å². The number of thiocarbonyl (C=S) groups is 1. The van der Waals surface area contributed by atoms with Crippen molar-refractivity contribution >= 4 is 63.5 Å². The van der Waals surface area contributed by atoms with Gasteiger partial charge in [-0.15, -0.1) is 0 Å². The van der Waals surface area contributed by atoms with Gasteiger partial charge in [-0.25, -0.2) is 4.98 Å². The number of nitrogens with zero attached hydrogens (tertiary/aromatic N) is 1. The maximum atomic E-state index is 6.13. The van der Waals surface area contributed by atoms with Crippen molar-refractivity contribution in [1.82, 2.24) is 4.98 Å². The number of anilines is 2. The standard InChI is InChI=1S/C13H10Cl3N3S/c1-6-2-3-7(12(17)20)13(18-6)19-11-5-9(15)8(14)4-10(11)16/h2-5H,1H3,(H2,17,20)(H,18,19). The van der Waals surface area contributed by atoms with E-state index in [2.05, 4.69) is 10.3 Å². The van der Waals surface area contributed by atoms with Crippen LogP contribution in [0.15, 0.2) is 24.3 Å². The summed E-state index contributed by atoms with van der Waals surface area (Å²) in [5.74, 6) is 0.526. The largest absolute Gasteiger partial charge is 0.389 e. The molecule has 0 aliphatic heterocycles. The Hall–Kier alpha value is -1.07. The van der Waals surface area contributed by atoms with Gasteiger partial charge in [0.25, 0.3) is 0 Å². The number of halogens is 3. The first-order chi connectivity index (χ1) is 9.38. The molecule has 2 rings (SSSR count). The van der Waals surface area contributed by atoms with E-state index in [9.17, 15) is 0 Å². The van der Waals surface area contributed by atoms with Crippen LogP contribution in [0.4, 0.5) is 11.5 Å². The monoisotopic (exact) mass is 345 g/mol. The molecular weight excluding hydrogens is 337 g/mol. The van der Waals surface area contributed by atoms with Gasteiger partial charge < -0.3 is 11.1 Å². The van der Waals surface area contributed by atoms with E-state index in [-0.39, 0.29) is 4.99 Å². The molecule has 3 nitrogen and oxygen atoms in total. The van der Waals surface area contributed by atoms with Crippen LogP contribution in [0.5, 0.6) is 0 Å². The number of hydrogen-bond donors (Lipinski definition) is 2. The minimum absolute atomic E-state index is 0.246. The van der Waals surface area contributed by atoms with Crippen molar-refractivity contribution in [2.24, 2.45) is 5.73 Å². The maximum Gasteiger partial charge on any atom is 0.140 e. The molecule has 0 atom stereocenters. The Morgan fingerprint density at radius 2 is 1.80 bits per heavy atom. The highest BCUT2D eigenvalue weighted by atomic mass is 35.5. The molecule has 0 radical (unpaired) electrons. The van der Waals surface area contributed by atoms with Crippen LogP contribution in [0.2, 0.25) is 15.1 Å². The fraction of sp³-hybridized carbons (Fsp3) is 0.0769. The van der Waals surface area contributed by atoms with Gasteiger partial charge in [-0.05, 0) is 31.2 Å². The molecule has 0 amide bonds. The third-order valence-electron chi connectivity index (χ3n) is 2.56.